The fraction of sp³-hybridized carbons (Fsp3) is 0.588. The van der Waals surface area contributed by atoms with Crippen LogP contribution in [0.3, 0.4) is 0 Å². The Morgan fingerprint density at radius 2 is 2.14 bits per heavy atom. The van der Waals surface area contributed by atoms with E-state index in [1.807, 2.05) is 12.3 Å². The van der Waals surface area contributed by atoms with Crippen molar-refractivity contribution < 1.29 is 9.70 Å². The van der Waals surface area contributed by atoms with Crippen molar-refractivity contribution in [2.24, 2.45) is 11.7 Å². The van der Waals surface area contributed by atoms with Crippen molar-refractivity contribution >= 4 is 5.70 Å². The number of pyridine rings is 1. The van der Waals surface area contributed by atoms with Gasteiger partial charge >= 0.3 is 5.88 Å². The number of aromatic nitrogens is 1. The van der Waals surface area contributed by atoms with E-state index >= 15 is 0 Å². The van der Waals surface area contributed by atoms with Gasteiger partial charge in [-0.2, -0.15) is 4.98 Å². The number of nitrogens with two attached hydrogens (primary N) is 1. The van der Waals surface area contributed by atoms with Gasteiger partial charge in [-0.1, -0.05) is 25.5 Å². The van der Waals surface area contributed by atoms with Crippen molar-refractivity contribution in [1.29, 1.82) is 0 Å². The van der Waals surface area contributed by atoms with E-state index in [9.17, 15) is 0 Å². The fourth-order valence-electron chi connectivity index (χ4n) is 4.37. The predicted molar refractivity (Wildman–Crippen MR) is 86.7 cm³/mol. The maximum absolute atomic E-state index is 7.85. The zero-order valence-electron chi connectivity index (χ0n) is 13.1. The van der Waals surface area contributed by atoms with Crippen LogP contribution in [0.25, 0.3) is 11.1 Å². The van der Waals surface area contributed by atoms with Crippen LogP contribution >= 0.6 is 0 Å². The summed E-state index contributed by atoms with van der Waals surface area (Å²) in [7, 11) is 2.14. The van der Waals surface area contributed by atoms with Crippen LogP contribution in [-0.4, -0.2) is 27.8 Å². The molecule has 0 aromatic carbocycles. The monoisotopic (exact) mass is 301 g/mol. The molecular formula is C17H25N4O+. The molecule has 4 N–H and O–H groups in total. The summed E-state index contributed by atoms with van der Waals surface area (Å²) in [5.41, 5.74) is 14.6. The molecule has 1 saturated carbocycles. The normalized spacial score (nSPS) is 31.5. The zero-order valence-corrected chi connectivity index (χ0v) is 13.1. The highest BCUT2D eigenvalue weighted by atomic mass is 16.3. The molecule has 5 heteroatoms. The summed E-state index contributed by atoms with van der Waals surface area (Å²) in [6.07, 6.45) is 9.36. The van der Waals surface area contributed by atoms with Crippen molar-refractivity contribution in [1.82, 2.24) is 4.98 Å². The average molecular weight is 301 g/mol. The van der Waals surface area contributed by atoms with Crippen molar-refractivity contribution in [3.05, 3.63) is 35.0 Å². The first-order valence-corrected chi connectivity index (χ1v) is 8.37. The molecule has 0 saturated heterocycles. The van der Waals surface area contributed by atoms with Crippen molar-refractivity contribution in [2.75, 3.05) is 7.05 Å². The lowest BCUT2D eigenvalue weighted by Gasteiger charge is -2.53. The molecule has 0 bridgehead atoms. The predicted octanol–water partition coefficient (Wildman–Crippen LogP) is 2.92. The van der Waals surface area contributed by atoms with Crippen LogP contribution < -0.4 is 5.73 Å². The molecule has 0 amide bonds. The lowest BCUT2D eigenvalue weighted by Crippen LogP contribution is -2.44. The molecule has 1 fully saturated rings. The second-order valence-electron chi connectivity index (χ2n) is 7.10. The smallest absolute Gasteiger partial charge is 0.357 e. The van der Waals surface area contributed by atoms with Gasteiger partial charge in [-0.15, -0.1) is 0 Å². The average Bonchev–Trinajstić information content (AvgIpc) is 2.67. The largest absolute Gasteiger partial charge is 0.579 e. The molecule has 1 aromatic heterocycles. The third kappa shape index (κ3) is 1.96. The summed E-state index contributed by atoms with van der Waals surface area (Å²) in [5, 5.41) is 7.85. The van der Waals surface area contributed by atoms with Gasteiger partial charge in [0.1, 0.15) is 17.4 Å². The Kier molecular flexibility index (Phi) is 3.16. The van der Waals surface area contributed by atoms with Gasteiger partial charge in [0.05, 0.1) is 18.7 Å². The fourth-order valence-corrected chi connectivity index (χ4v) is 4.37. The molecule has 22 heavy (non-hydrogen) atoms. The van der Waals surface area contributed by atoms with Gasteiger partial charge in [-0.25, -0.2) is 0 Å². The standard InChI is InChI=1S/C17H24N4O/c1-21-14(9-13(18)11-5-3-2-4-6-11)17-12(15(21)10-19-21)7-8-16(22)20-17/h7-8,10-11,13-14H,2-6,9,18H2,1H3,(H,20,22)/p+1. The summed E-state index contributed by atoms with van der Waals surface area (Å²) in [4.78, 5) is 4.51. The van der Waals surface area contributed by atoms with E-state index in [1.165, 1.54) is 37.8 Å². The quantitative estimate of drug-likeness (QED) is 0.688. The van der Waals surface area contributed by atoms with Gasteiger partial charge < -0.3 is 20.9 Å². The lowest BCUT2D eigenvalue weighted by molar-refractivity contribution is -0.841. The lowest BCUT2D eigenvalue weighted by atomic mass is 9.81. The Labute approximate surface area is 131 Å². The molecule has 1 aliphatic carbocycles. The minimum Gasteiger partial charge on any atom is -0.579 e. The van der Waals surface area contributed by atoms with Gasteiger partial charge in [0.2, 0.25) is 0 Å². The number of nitrogens with zero attached hydrogens (tertiary/aromatic N) is 3. The first-order chi connectivity index (χ1) is 10.6. The summed E-state index contributed by atoms with van der Waals surface area (Å²) < 4.78 is 0.576. The molecule has 3 heterocycles. The van der Waals surface area contributed by atoms with E-state index in [-0.39, 0.29) is 12.1 Å². The summed E-state index contributed by atoms with van der Waals surface area (Å²) in [6.45, 7) is 0. The van der Waals surface area contributed by atoms with E-state index in [0.717, 1.165) is 17.7 Å². The van der Waals surface area contributed by atoms with Crippen molar-refractivity contribution in [2.45, 2.75) is 50.6 Å². The Hall–Kier alpha value is -1.59. The number of hydrogen-bond donors (Lipinski definition) is 1. The van der Waals surface area contributed by atoms with E-state index in [2.05, 4.69) is 17.5 Å². The molecule has 0 spiro atoms. The maximum atomic E-state index is 7.85. The maximum Gasteiger partial charge on any atom is 0.357 e. The third-order valence-electron chi connectivity index (χ3n) is 5.78. The molecule has 3 unspecified atom stereocenters. The van der Waals surface area contributed by atoms with Crippen molar-refractivity contribution in [3.8, 4) is 5.88 Å². The van der Waals surface area contributed by atoms with Crippen LogP contribution in [0.15, 0.2) is 18.3 Å². The van der Waals surface area contributed by atoms with Crippen molar-refractivity contribution in [3.63, 3.8) is 0 Å². The second kappa shape index (κ2) is 4.96. The molecule has 3 aliphatic rings. The minimum absolute atomic E-state index is 0.178. The van der Waals surface area contributed by atoms with Crippen LogP contribution in [-0.2, 0) is 0 Å². The molecule has 2 aliphatic heterocycles. The Balaban J connectivity index is 1.61. The Morgan fingerprint density at radius 3 is 2.82 bits per heavy atom. The zero-order chi connectivity index (χ0) is 15.3. The van der Waals surface area contributed by atoms with Gasteiger partial charge in [-0.05, 0) is 24.8 Å². The van der Waals surface area contributed by atoms with Gasteiger partial charge in [0.25, 0.3) is 0 Å². The van der Waals surface area contributed by atoms with Crippen LogP contribution in [0.2, 0.25) is 0 Å². The molecule has 3 atom stereocenters. The molecular weight excluding hydrogens is 276 g/mol. The van der Waals surface area contributed by atoms with E-state index < -0.39 is 0 Å². The highest BCUT2D eigenvalue weighted by Gasteiger charge is 2.48. The number of quaternary nitrogens is 1. The molecule has 4 rings (SSSR count). The Bertz CT molecular complexity index is 623. The SMILES string of the molecule is C[N+]12[N-]C=C1c1ccc([OH2+])nc1C2CC(N)C1CCCCC1. The first-order valence-electron chi connectivity index (χ1n) is 8.37. The highest BCUT2D eigenvalue weighted by molar-refractivity contribution is 5.71. The van der Waals surface area contributed by atoms with Gasteiger partial charge in [0, 0.05) is 12.5 Å². The van der Waals surface area contributed by atoms with Crippen LogP contribution in [0.1, 0.15) is 55.8 Å². The second-order valence-corrected chi connectivity index (χ2v) is 7.10. The molecule has 118 valence electrons. The highest BCUT2D eigenvalue weighted by Crippen LogP contribution is 2.56. The molecule has 0 radical (unpaired) electrons. The summed E-state index contributed by atoms with van der Waals surface area (Å²) >= 11 is 0. The number of hydrogen-bond acceptors (Lipinski definition) is 2. The van der Waals surface area contributed by atoms with E-state index in [4.69, 9.17) is 10.8 Å². The van der Waals surface area contributed by atoms with E-state index in [1.54, 1.807) is 6.07 Å². The third-order valence-corrected chi connectivity index (χ3v) is 5.78. The molecule has 1 aromatic rings. The number of fused-ring (bicyclic) bond motifs is 3. The van der Waals surface area contributed by atoms with E-state index in [0.29, 0.717) is 16.4 Å². The van der Waals surface area contributed by atoms with Gasteiger partial charge in [-0.3, -0.25) is 0 Å². The topological polar surface area (TPSA) is 75.9 Å². The van der Waals surface area contributed by atoms with Crippen LogP contribution in [0.5, 0.6) is 5.88 Å². The minimum atomic E-state index is 0.178. The summed E-state index contributed by atoms with van der Waals surface area (Å²) in [6, 6.07) is 4.18. The summed E-state index contributed by atoms with van der Waals surface area (Å²) in [5.74, 6) is 0.974. The molecule has 5 nitrogen and oxygen atoms in total. The number of rotatable bonds is 3. The Morgan fingerprint density at radius 1 is 1.36 bits per heavy atom. The van der Waals surface area contributed by atoms with Crippen LogP contribution in [0.4, 0.5) is 0 Å². The first kappa shape index (κ1) is 14.0. The van der Waals surface area contributed by atoms with Crippen LogP contribution in [0, 0.1) is 5.92 Å². The van der Waals surface area contributed by atoms with Gasteiger partial charge in [0.15, 0.2) is 0 Å².